The van der Waals surface area contributed by atoms with E-state index in [2.05, 4.69) is 258 Å². The second-order valence-electron chi connectivity index (χ2n) is 18.7. The predicted octanol–water partition coefficient (Wildman–Crippen LogP) is 17.8. The molecule has 12 aromatic rings. The van der Waals surface area contributed by atoms with Crippen molar-refractivity contribution >= 4 is 38.9 Å². The first kappa shape index (κ1) is 39.6. The zero-order chi connectivity index (χ0) is 46.6. The van der Waals surface area contributed by atoms with Gasteiger partial charge >= 0.3 is 0 Å². The van der Waals surface area contributed by atoms with Crippen molar-refractivity contribution in [3.63, 3.8) is 0 Å². The Morgan fingerprint density at radius 3 is 1.70 bits per heavy atom. The van der Waals surface area contributed by atoms with Crippen molar-refractivity contribution in [3.05, 3.63) is 277 Å². The minimum Gasteiger partial charge on any atom is -0.449 e. The van der Waals surface area contributed by atoms with Crippen LogP contribution in [-0.4, -0.2) is 4.57 Å². The second-order valence-corrected chi connectivity index (χ2v) is 18.7. The van der Waals surface area contributed by atoms with Crippen LogP contribution in [0.3, 0.4) is 0 Å². The van der Waals surface area contributed by atoms with Gasteiger partial charge in [0.25, 0.3) is 0 Å². The molecule has 2 aliphatic carbocycles. The molecule has 3 aliphatic rings. The number of rotatable bonds is 6. The molecule has 1 spiro atoms. The minimum atomic E-state index is -0.507. The lowest BCUT2D eigenvalue weighted by molar-refractivity contribution is 0.361. The number of hydrogen-bond acceptors (Lipinski definition) is 3. The van der Waals surface area contributed by atoms with Gasteiger partial charge in [0.2, 0.25) is 0 Å². The van der Waals surface area contributed by atoms with Crippen LogP contribution in [0.25, 0.3) is 72.0 Å². The van der Waals surface area contributed by atoms with Crippen molar-refractivity contribution < 1.29 is 9.47 Å². The molecule has 0 saturated carbocycles. The lowest BCUT2D eigenvalue weighted by Crippen LogP contribution is -2.25. The molecular weight excluding hydrogens is 865 g/mol. The summed E-state index contributed by atoms with van der Waals surface area (Å²) in [5.41, 5.74) is 20.1. The van der Waals surface area contributed by atoms with Crippen molar-refractivity contribution in [1.82, 2.24) is 4.57 Å². The van der Waals surface area contributed by atoms with E-state index in [9.17, 15) is 0 Å². The Kier molecular flexibility index (Phi) is 8.54. The number of para-hydroxylation sites is 4. The third kappa shape index (κ3) is 5.67. The molecule has 0 bridgehead atoms. The third-order valence-electron chi connectivity index (χ3n) is 15.1. The van der Waals surface area contributed by atoms with Gasteiger partial charge < -0.3 is 18.9 Å². The molecule has 15 rings (SSSR count). The molecule has 4 nitrogen and oxygen atoms in total. The fraction of sp³-hybridized carbons (Fsp3) is 0.0149. The molecule has 0 atom stereocenters. The van der Waals surface area contributed by atoms with Crippen LogP contribution in [0.2, 0.25) is 0 Å². The molecular formula is C67H42N2O2. The summed E-state index contributed by atoms with van der Waals surface area (Å²) in [4.78, 5) is 2.40. The van der Waals surface area contributed by atoms with E-state index in [0.717, 1.165) is 67.4 Å². The van der Waals surface area contributed by atoms with Crippen LogP contribution in [0.1, 0.15) is 22.3 Å². The van der Waals surface area contributed by atoms with Gasteiger partial charge in [0.15, 0.2) is 23.0 Å². The SMILES string of the molecule is c1ccc(-c2cccc(N(c3ccc4c(c3)c3ccccc3n4-c3ccccc3)c3ccccc3-c3cccc4c3Oc3c(ccc5c3-c3ccccc3C53c5ccccc5-c5ccccc53)O4)c2)cc1. The van der Waals surface area contributed by atoms with Crippen LogP contribution in [0, 0.1) is 0 Å². The third-order valence-corrected chi connectivity index (χ3v) is 15.1. The smallest absolute Gasteiger partial charge is 0.178 e. The summed E-state index contributed by atoms with van der Waals surface area (Å²) in [5, 5.41) is 2.37. The fourth-order valence-electron chi connectivity index (χ4n) is 12.2. The molecule has 0 N–H and O–H groups in total. The zero-order valence-corrected chi connectivity index (χ0v) is 38.5. The van der Waals surface area contributed by atoms with Gasteiger partial charge in [-0.05, 0) is 117 Å². The average molecular weight is 907 g/mol. The Balaban J connectivity index is 0.926. The number of anilines is 3. The predicted molar refractivity (Wildman–Crippen MR) is 289 cm³/mol. The van der Waals surface area contributed by atoms with Gasteiger partial charge in [-0.1, -0.05) is 188 Å². The minimum absolute atomic E-state index is 0.507. The molecule has 1 aromatic heterocycles. The van der Waals surface area contributed by atoms with Gasteiger partial charge in [-0.15, -0.1) is 0 Å². The summed E-state index contributed by atoms with van der Waals surface area (Å²) in [5.74, 6) is 2.80. The second kappa shape index (κ2) is 15.3. The number of ether oxygens (including phenoxy) is 2. The summed E-state index contributed by atoms with van der Waals surface area (Å²) in [6.07, 6.45) is 0. The Morgan fingerprint density at radius 1 is 0.338 bits per heavy atom. The van der Waals surface area contributed by atoms with Gasteiger partial charge in [0.05, 0.1) is 22.1 Å². The molecule has 11 aromatic carbocycles. The Hall–Kier alpha value is -9.38. The van der Waals surface area contributed by atoms with Gasteiger partial charge in [-0.3, -0.25) is 0 Å². The summed E-state index contributed by atoms with van der Waals surface area (Å²) < 4.78 is 16.8. The highest BCUT2D eigenvalue weighted by Crippen LogP contribution is 2.67. The Morgan fingerprint density at radius 2 is 0.915 bits per heavy atom. The first-order chi connectivity index (χ1) is 35.2. The van der Waals surface area contributed by atoms with E-state index < -0.39 is 5.41 Å². The highest BCUT2D eigenvalue weighted by atomic mass is 16.6. The topological polar surface area (TPSA) is 26.6 Å². The quantitative estimate of drug-likeness (QED) is 0.166. The molecule has 0 unspecified atom stereocenters. The average Bonchev–Trinajstić information content (AvgIpc) is 4.05. The van der Waals surface area contributed by atoms with E-state index >= 15 is 0 Å². The van der Waals surface area contributed by atoms with Gasteiger partial charge in [-0.25, -0.2) is 0 Å². The summed E-state index contributed by atoms with van der Waals surface area (Å²) in [6.45, 7) is 0. The van der Waals surface area contributed by atoms with Crippen LogP contribution in [-0.2, 0) is 5.41 Å². The maximum absolute atomic E-state index is 7.47. The molecule has 0 saturated heterocycles. The first-order valence-corrected chi connectivity index (χ1v) is 24.3. The van der Waals surface area contributed by atoms with Crippen molar-refractivity contribution in [3.8, 4) is 73.2 Å². The number of fused-ring (bicyclic) bond motifs is 16. The summed E-state index contributed by atoms with van der Waals surface area (Å²) in [6, 6.07) is 91.8. The van der Waals surface area contributed by atoms with Gasteiger partial charge in [0, 0.05) is 44.5 Å². The molecule has 2 heterocycles. The van der Waals surface area contributed by atoms with E-state index in [1.54, 1.807) is 0 Å². The first-order valence-electron chi connectivity index (χ1n) is 24.3. The standard InChI is InChI=1S/C67H42N2O2/c1-3-19-43(20-4-1)44-21-17-24-46(41-44)68(47-37-39-61-54(42-47)51-28-11-16-35-60(51)69(61)45-22-5-2-6-23-45)59-34-15-10-27-50(59)52-30-18-36-62-65(52)71-66-63(70-62)40-38-58-64(66)53-29-9-14-33-57(53)67(58)55-31-12-7-25-48(55)49-26-8-13-32-56(49)67/h1-42H. The number of hydrogen-bond donors (Lipinski definition) is 0. The van der Waals surface area contributed by atoms with E-state index in [0.29, 0.717) is 17.2 Å². The molecule has 0 radical (unpaired) electrons. The fourth-order valence-corrected chi connectivity index (χ4v) is 12.2. The molecule has 71 heavy (non-hydrogen) atoms. The van der Waals surface area contributed by atoms with Gasteiger partial charge in [-0.2, -0.15) is 0 Å². The monoisotopic (exact) mass is 906 g/mol. The van der Waals surface area contributed by atoms with Crippen molar-refractivity contribution in [2.24, 2.45) is 0 Å². The van der Waals surface area contributed by atoms with Crippen LogP contribution >= 0.6 is 0 Å². The number of nitrogens with zero attached hydrogens (tertiary/aromatic N) is 2. The van der Waals surface area contributed by atoms with Gasteiger partial charge in [0.1, 0.15) is 0 Å². The zero-order valence-electron chi connectivity index (χ0n) is 38.5. The Bertz CT molecular complexity index is 4090. The number of benzene rings is 11. The van der Waals surface area contributed by atoms with E-state index in [4.69, 9.17) is 9.47 Å². The van der Waals surface area contributed by atoms with Crippen LogP contribution in [0.15, 0.2) is 255 Å². The highest BCUT2D eigenvalue weighted by molar-refractivity contribution is 6.11. The number of aromatic nitrogens is 1. The molecule has 1 aliphatic heterocycles. The van der Waals surface area contributed by atoms with Crippen LogP contribution < -0.4 is 14.4 Å². The highest BCUT2D eigenvalue weighted by Gasteiger charge is 2.53. The van der Waals surface area contributed by atoms with Crippen LogP contribution in [0.5, 0.6) is 23.0 Å². The Labute approximate surface area is 411 Å². The van der Waals surface area contributed by atoms with E-state index in [1.165, 1.54) is 49.7 Å². The van der Waals surface area contributed by atoms with Crippen molar-refractivity contribution in [1.29, 1.82) is 0 Å². The lowest BCUT2D eigenvalue weighted by atomic mass is 9.70. The largest absolute Gasteiger partial charge is 0.449 e. The van der Waals surface area contributed by atoms with Crippen LogP contribution in [0.4, 0.5) is 17.1 Å². The van der Waals surface area contributed by atoms with Crippen molar-refractivity contribution in [2.75, 3.05) is 4.90 Å². The maximum Gasteiger partial charge on any atom is 0.178 e. The lowest BCUT2D eigenvalue weighted by Gasteiger charge is -2.31. The van der Waals surface area contributed by atoms with E-state index in [-0.39, 0.29) is 0 Å². The summed E-state index contributed by atoms with van der Waals surface area (Å²) >= 11 is 0. The summed E-state index contributed by atoms with van der Waals surface area (Å²) in [7, 11) is 0. The normalized spacial score (nSPS) is 13.1. The van der Waals surface area contributed by atoms with E-state index in [1.807, 2.05) is 6.07 Å². The molecule has 332 valence electrons. The molecule has 0 amide bonds. The maximum atomic E-state index is 7.47. The molecule has 4 heteroatoms. The molecule has 0 fully saturated rings. The van der Waals surface area contributed by atoms with Crippen molar-refractivity contribution in [2.45, 2.75) is 5.41 Å².